The number of thiocarbonyl (C=S) groups is 1. The highest BCUT2D eigenvalue weighted by Crippen LogP contribution is 2.30. The minimum Gasteiger partial charge on any atom is -0.357 e. The molecule has 0 saturated heterocycles. The van der Waals surface area contributed by atoms with E-state index in [1.807, 2.05) is 30.3 Å². The summed E-state index contributed by atoms with van der Waals surface area (Å²) in [5, 5.41) is 7.92. The average Bonchev–Trinajstić information content (AvgIpc) is 2.59. The molecule has 6 heteroatoms. The van der Waals surface area contributed by atoms with Crippen LogP contribution >= 0.6 is 24.0 Å². The van der Waals surface area contributed by atoms with Gasteiger partial charge in [-0.15, -0.1) is 11.8 Å². The Morgan fingerprint density at radius 1 is 1.22 bits per heavy atom. The van der Waals surface area contributed by atoms with Crippen molar-refractivity contribution in [2.45, 2.75) is 17.9 Å². The molecule has 2 aromatic carbocycles. The SMILES string of the molecule is Fc1ccc2c(c1)/C(=N\NC(=S)NCc1ccccc1)CCS2. The first kappa shape index (κ1) is 16.0. The summed E-state index contributed by atoms with van der Waals surface area (Å²) in [6.07, 6.45) is 0.787. The highest BCUT2D eigenvalue weighted by molar-refractivity contribution is 7.99. The maximum absolute atomic E-state index is 13.5. The molecule has 3 nitrogen and oxygen atoms in total. The molecule has 23 heavy (non-hydrogen) atoms. The topological polar surface area (TPSA) is 36.4 Å². The third-order valence-corrected chi connectivity index (χ3v) is 4.75. The molecule has 1 heterocycles. The highest BCUT2D eigenvalue weighted by atomic mass is 32.2. The number of halogens is 1. The van der Waals surface area contributed by atoms with Crippen LogP contribution in [-0.4, -0.2) is 16.6 Å². The molecule has 0 amide bonds. The first-order valence-corrected chi connectivity index (χ1v) is 8.69. The number of hydrogen-bond donors (Lipinski definition) is 2. The monoisotopic (exact) mass is 345 g/mol. The Morgan fingerprint density at radius 2 is 2.04 bits per heavy atom. The van der Waals surface area contributed by atoms with Gasteiger partial charge in [-0.05, 0) is 36.0 Å². The molecular weight excluding hydrogens is 329 g/mol. The zero-order valence-corrected chi connectivity index (χ0v) is 14.0. The second-order valence-corrected chi connectivity index (χ2v) is 6.62. The van der Waals surface area contributed by atoms with E-state index in [1.165, 1.54) is 12.1 Å². The first-order chi connectivity index (χ1) is 11.2. The normalized spacial score (nSPS) is 15.1. The average molecular weight is 345 g/mol. The highest BCUT2D eigenvalue weighted by Gasteiger charge is 2.17. The summed E-state index contributed by atoms with van der Waals surface area (Å²) in [7, 11) is 0. The fourth-order valence-corrected chi connectivity index (χ4v) is 3.43. The third-order valence-electron chi connectivity index (χ3n) is 3.44. The van der Waals surface area contributed by atoms with Crippen LogP contribution in [0.2, 0.25) is 0 Å². The van der Waals surface area contributed by atoms with Crippen molar-refractivity contribution in [3.8, 4) is 0 Å². The molecule has 2 aromatic rings. The van der Waals surface area contributed by atoms with Gasteiger partial charge in [0.1, 0.15) is 5.82 Å². The van der Waals surface area contributed by atoms with Crippen LogP contribution in [-0.2, 0) is 6.54 Å². The van der Waals surface area contributed by atoms with Crippen molar-refractivity contribution in [2.24, 2.45) is 5.10 Å². The Bertz CT molecular complexity index is 732. The van der Waals surface area contributed by atoms with Crippen molar-refractivity contribution >= 4 is 34.8 Å². The van der Waals surface area contributed by atoms with Gasteiger partial charge in [0, 0.05) is 29.2 Å². The summed E-state index contributed by atoms with van der Waals surface area (Å²) in [5.74, 6) is 0.687. The predicted molar refractivity (Wildman–Crippen MR) is 97.3 cm³/mol. The molecule has 118 valence electrons. The Kier molecular flexibility index (Phi) is 5.25. The van der Waals surface area contributed by atoms with Crippen molar-refractivity contribution in [3.63, 3.8) is 0 Å². The molecule has 0 bridgehead atoms. The van der Waals surface area contributed by atoms with E-state index in [-0.39, 0.29) is 5.82 Å². The number of benzene rings is 2. The largest absolute Gasteiger partial charge is 0.357 e. The first-order valence-electron chi connectivity index (χ1n) is 7.29. The third kappa shape index (κ3) is 4.30. The molecule has 2 N–H and O–H groups in total. The molecule has 0 saturated carbocycles. The van der Waals surface area contributed by atoms with Crippen molar-refractivity contribution in [2.75, 3.05) is 5.75 Å². The molecular formula is C17H16FN3S2. The van der Waals surface area contributed by atoms with Gasteiger partial charge in [0.2, 0.25) is 0 Å². The summed E-state index contributed by atoms with van der Waals surface area (Å²) in [5.41, 5.74) is 5.69. The van der Waals surface area contributed by atoms with Crippen molar-refractivity contribution in [1.29, 1.82) is 0 Å². The van der Waals surface area contributed by atoms with E-state index < -0.39 is 0 Å². The number of hydrazone groups is 1. The Hall–Kier alpha value is -1.92. The van der Waals surface area contributed by atoms with Gasteiger partial charge < -0.3 is 5.32 Å². The van der Waals surface area contributed by atoms with E-state index in [4.69, 9.17) is 12.2 Å². The van der Waals surface area contributed by atoms with Crippen molar-refractivity contribution < 1.29 is 4.39 Å². The molecule has 0 atom stereocenters. The second kappa shape index (κ2) is 7.57. The summed E-state index contributed by atoms with van der Waals surface area (Å²) >= 11 is 6.96. The van der Waals surface area contributed by atoms with E-state index in [0.717, 1.165) is 33.9 Å². The maximum Gasteiger partial charge on any atom is 0.187 e. The molecule has 1 aliphatic heterocycles. The van der Waals surface area contributed by atoms with Crippen molar-refractivity contribution in [1.82, 2.24) is 10.7 Å². The van der Waals surface area contributed by atoms with Gasteiger partial charge >= 0.3 is 0 Å². The van der Waals surface area contributed by atoms with Gasteiger partial charge in [-0.25, -0.2) is 4.39 Å². The van der Waals surface area contributed by atoms with Gasteiger partial charge in [0.25, 0.3) is 0 Å². The summed E-state index contributed by atoms with van der Waals surface area (Å²) in [4.78, 5) is 1.06. The van der Waals surface area contributed by atoms with Crippen molar-refractivity contribution in [3.05, 3.63) is 65.5 Å². The smallest absolute Gasteiger partial charge is 0.187 e. The number of nitrogens with zero attached hydrogens (tertiary/aromatic N) is 1. The number of hydrogen-bond acceptors (Lipinski definition) is 3. The predicted octanol–water partition coefficient (Wildman–Crippen LogP) is 3.69. The van der Waals surface area contributed by atoms with E-state index >= 15 is 0 Å². The minimum atomic E-state index is -0.247. The maximum atomic E-state index is 13.5. The van der Waals surface area contributed by atoms with Crippen LogP contribution in [0.25, 0.3) is 0 Å². The Balaban J connectivity index is 1.62. The molecule has 0 radical (unpaired) electrons. The minimum absolute atomic E-state index is 0.247. The van der Waals surface area contributed by atoms with Gasteiger partial charge in [-0.1, -0.05) is 30.3 Å². The van der Waals surface area contributed by atoms with Gasteiger partial charge in [0.15, 0.2) is 5.11 Å². The lowest BCUT2D eigenvalue weighted by molar-refractivity contribution is 0.626. The summed E-state index contributed by atoms with van der Waals surface area (Å²) < 4.78 is 13.5. The van der Waals surface area contributed by atoms with E-state index in [9.17, 15) is 4.39 Å². The number of thioether (sulfide) groups is 1. The fourth-order valence-electron chi connectivity index (χ4n) is 2.30. The lowest BCUT2D eigenvalue weighted by Gasteiger charge is -2.17. The van der Waals surface area contributed by atoms with Crippen LogP contribution in [0.15, 0.2) is 58.5 Å². The Morgan fingerprint density at radius 3 is 2.87 bits per heavy atom. The summed E-state index contributed by atoms with van der Waals surface area (Å²) in [6.45, 7) is 0.637. The lowest BCUT2D eigenvalue weighted by atomic mass is 10.1. The zero-order valence-electron chi connectivity index (χ0n) is 12.4. The van der Waals surface area contributed by atoms with Gasteiger partial charge in [0.05, 0.1) is 5.71 Å². The van der Waals surface area contributed by atoms with Crippen LogP contribution in [0.1, 0.15) is 17.5 Å². The quantitative estimate of drug-likeness (QED) is 0.657. The summed E-state index contributed by atoms with van der Waals surface area (Å²) in [6, 6.07) is 14.8. The van der Waals surface area contributed by atoms with Gasteiger partial charge in [-0.2, -0.15) is 5.10 Å². The standard InChI is InChI=1S/C17H16FN3S2/c18-13-6-7-16-14(10-13)15(8-9-23-16)20-21-17(22)19-11-12-4-2-1-3-5-12/h1-7,10H,8-9,11H2,(H2,19,21,22)/b20-15-. The molecule has 0 aliphatic carbocycles. The number of rotatable bonds is 3. The molecule has 1 aliphatic rings. The molecule has 0 aromatic heterocycles. The van der Waals surface area contributed by atoms with E-state index in [2.05, 4.69) is 15.8 Å². The lowest BCUT2D eigenvalue weighted by Crippen LogP contribution is -2.32. The molecule has 0 unspecified atom stereocenters. The molecule has 0 fully saturated rings. The van der Waals surface area contributed by atoms with Crippen LogP contribution in [0.4, 0.5) is 4.39 Å². The molecule has 0 spiro atoms. The fraction of sp³-hybridized carbons (Fsp3) is 0.176. The van der Waals surface area contributed by atoms with Crippen LogP contribution < -0.4 is 10.7 Å². The van der Waals surface area contributed by atoms with Crippen LogP contribution in [0.3, 0.4) is 0 Å². The molecule has 3 rings (SSSR count). The Labute approximate surface area is 144 Å². The van der Waals surface area contributed by atoms with Crippen LogP contribution in [0, 0.1) is 5.82 Å². The van der Waals surface area contributed by atoms with E-state index in [1.54, 1.807) is 17.8 Å². The number of fused-ring (bicyclic) bond motifs is 1. The zero-order chi connectivity index (χ0) is 16.1. The second-order valence-electron chi connectivity index (χ2n) is 5.08. The van der Waals surface area contributed by atoms with E-state index in [0.29, 0.717) is 11.7 Å². The van der Waals surface area contributed by atoms with Gasteiger partial charge in [-0.3, -0.25) is 5.43 Å². The number of nitrogens with one attached hydrogen (secondary N) is 2. The van der Waals surface area contributed by atoms with Crippen LogP contribution in [0.5, 0.6) is 0 Å².